The number of fused-ring (bicyclic) bond motifs is 1. The summed E-state index contributed by atoms with van der Waals surface area (Å²) in [5.74, 6) is -2.65. The molecule has 4 aromatic carbocycles. The van der Waals surface area contributed by atoms with Gasteiger partial charge in [0.25, 0.3) is 10.1 Å². The van der Waals surface area contributed by atoms with E-state index in [0.717, 1.165) is 31.4 Å². The fourth-order valence-corrected chi connectivity index (χ4v) is 9.99. The Kier molecular flexibility index (Phi) is 16.9. The number of rotatable bonds is 22. The summed E-state index contributed by atoms with van der Waals surface area (Å²) in [5.41, 5.74) is 4.91. The van der Waals surface area contributed by atoms with Gasteiger partial charge in [0.1, 0.15) is 39.1 Å². The van der Waals surface area contributed by atoms with Gasteiger partial charge in [-0.15, -0.1) is 29.1 Å². The van der Waals surface area contributed by atoms with E-state index in [0.29, 0.717) is 0 Å². The van der Waals surface area contributed by atoms with Crippen LogP contribution in [0.4, 0.5) is 28.4 Å². The average Bonchev–Trinajstić information content (AvgIpc) is 3.18. The molecule has 4 rings (SSSR count). The molecule has 0 aliphatic heterocycles. The van der Waals surface area contributed by atoms with E-state index in [1.54, 1.807) is 0 Å². The van der Waals surface area contributed by atoms with E-state index in [1.165, 1.54) is 33.1 Å². The van der Waals surface area contributed by atoms with E-state index in [4.69, 9.17) is 34.5 Å². The number of benzene rings is 4. The smallest absolute Gasteiger partial charge is 0.397 e. The summed E-state index contributed by atoms with van der Waals surface area (Å²) in [7, 11) is -16.0. The molecular weight excluding hydrogens is 959 g/mol. The number of hydrogen-bond donors (Lipinski definition) is 6. The standard InChI is InChI=1S/C30H33N5O21S6/c1-15-9-18(21(49-3)13-25(15)60(41,42)8-6-52-62(46,47)48)32-34-20-12-26(61(43,44)45)17-11-23(57-55-53-37)29(30(36)27(17)28(20)31)35-33-19-10-16(2)24(14-22(19)50-4)59(39,40)7-5-51-58-56-54-38/h9-14,36-38H,5-8,31H2,1-4H3,(H,43,44,45)(H,46,47,48). The molecule has 0 saturated heterocycles. The van der Waals surface area contributed by atoms with Crippen LogP contribution in [0.15, 0.2) is 76.4 Å². The van der Waals surface area contributed by atoms with Gasteiger partial charge in [-0.3, -0.25) is 13.3 Å². The fourth-order valence-electron chi connectivity index (χ4n) is 5.37. The third-order valence-electron chi connectivity index (χ3n) is 8.02. The van der Waals surface area contributed by atoms with Gasteiger partial charge in [-0.25, -0.2) is 31.5 Å². The number of azo groups is 2. The first-order valence-electron chi connectivity index (χ1n) is 16.3. The number of phenolic OH excluding ortho intramolecular Hbond substituents is 1. The Labute approximate surface area is 360 Å². The second-order valence-electron chi connectivity index (χ2n) is 11.9. The average molecular weight is 992 g/mol. The minimum atomic E-state index is -5.18. The van der Waals surface area contributed by atoms with Crippen LogP contribution in [-0.2, 0) is 67.3 Å². The molecule has 62 heavy (non-hydrogen) atoms. The van der Waals surface area contributed by atoms with Crippen LogP contribution in [0.3, 0.4) is 0 Å². The molecule has 340 valence electrons. The molecule has 32 heteroatoms. The quantitative estimate of drug-likeness (QED) is 0.0106. The van der Waals surface area contributed by atoms with Crippen molar-refractivity contribution in [3.63, 3.8) is 0 Å². The van der Waals surface area contributed by atoms with Crippen molar-refractivity contribution >= 4 is 104 Å². The zero-order chi connectivity index (χ0) is 46.2. The third kappa shape index (κ3) is 12.4. The van der Waals surface area contributed by atoms with Gasteiger partial charge >= 0.3 is 10.4 Å². The van der Waals surface area contributed by atoms with Crippen LogP contribution in [0.1, 0.15) is 11.1 Å². The van der Waals surface area contributed by atoms with Crippen molar-refractivity contribution in [2.45, 2.75) is 33.4 Å². The molecule has 0 spiro atoms. The molecule has 0 aliphatic rings. The zero-order valence-electron chi connectivity index (χ0n) is 31.9. The number of aryl methyl sites for hydroxylation is 2. The monoisotopic (exact) mass is 991 g/mol. The van der Waals surface area contributed by atoms with Crippen molar-refractivity contribution < 1.29 is 95.0 Å². The lowest BCUT2D eigenvalue weighted by Crippen LogP contribution is -2.16. The summed E-state index contributed by atoms with van der Waals surface area (Å²) in [6.45, 7) is 1.48. The molecule has 0 unspecified atom stereocenters. The molecule has 0 bridgehead atoms. The van der Waals surface area contributed by atoms with Crippen LogP contribution in [0.2, 0.25) is 0 Å². The first-order valence-corrected chi connectivity index (χ1v) is 23.8. The van der Waals surface area contributed by atoms with Crippen LogP contribution in [0, 0.1) is 13.8 Å². The summed E-state index contributed by atoms with van der Waals surface area (Å²) in [6.07, 6.45) is 0. The molecule has 0 atom stereocenters. The molecule has 0 heterocycles. The number of ether oxygens (including phenoxy) is 2. The highest BCUT2D eigenvalue weighted by Crippen LogP contribution is 2.50. The van der Waals surface area contributed by atoms with Gasteiger partial charge in [-0.1, -0.05) is 10.1 Å². The summed E-state index contributed by atoms with van der Waals surface area (Å²) < 4.78 is 146. The second kappa shape index (κ2) is 20.9. The van der Waals surface area contributed by atoms with Crippen molar-refractivity contribution in [1.82, 2.24) is 0 Å². The Morgan fingerprint density at radius 2 is 1.19 bits per heavy atom. The first kappa shape index (κ1) is 50.3. The minimum absolute atomic E-state index is 0.0529. The van der Waals surface area contributed by atoms with Crippen molar-refractivity contribution in [2.75, 3.05) is 44.7 Å². The highest BCUT2D eigenvalue weighted by molar-refractivity contribution is 7.94. The highest BCUT2D eigenvalue weighted by Gasteiger charge is 2.27. The molecule has 0 fully saturated rings. The molecule has 0 aliphatic carbocycles. The van der Waals surface area contributed by atoms with E-state index >= 15 is 0 Å². The number of phenols is 1. The predicted octanol–water partition coefficient (Wildman–Crippen LogP) is 5.64. The van der Waals surface area contributed by atoms with Gasteiger partial charge in [0.15, 0.2) is 37.7 Å². The lowest BCUT2D eigenvalue weighted by Gasteiger charge is -2.15. The first-order chi connectivity index (χ1) is 29.0. The molecule has 0 radical (unpaired) electrons. The van der Waals surface area contributed by atoms with Gasteiger partial charge in [-0.2, -0.15) is 16.8 Å². The van der Waals surface area contributed by atoms with Gasteiger partial charge in [0.2, 0.25) is 0 Å². The van der Waals surface area contributed by atoms with Crippen LogP contribution in [0.5, 0.6) is 17.2 Å². The van der Waals surface area contributed by atoms with Crippen LogP contribution < -0.4 is 15.2 Å². The molecule has 0 saturated carbocycles. The van der Waals surface area contributed by atoms with Crippen LogP contribution in [-0.4, -0.2) is 97.3 Å². The Balaban J connectivity index is 1.86. The van der Waals surface area contributed by atoms with Crippen LogP contribution in [0.25, 0.3) is 10.8 Å². The number of aromatic hydroxyl groups is 1. The van der Waals surface area contributed by atoms with Gasteiger partial charge < -0.3 is 20.3 Å². The van der Waals surface area contributed by atoms with Crippen molar-refractivity contribution in [3.05, 3.63) is 47.5 Å². The summed E-state index contributed by atoms with van der Waals surface area (Å²) in [6, 6.07) is 6.43. The van der Waals surface area contributed by atoms with E-state index < -0.39 is 96.8 Å². The Hall–Kier alpha value is -4.36. The summed E-state index contributed by atoms with van der Waals surface area (Å²) >= 11 is 0.373. The third-order valence-corrected chi connectivity index (χ3v) is 14.0. The largest absolute Gasteiger partial charge is 0.505 e. The lowest BCUT2D eigenvalue weighted by molar-refractivity contribution is -0.434. The maximum absolute atomic E-state index is 13.1. The molecule has 0 amide bonds. The second-order valence-corrected chi connectivity index (χ2v) is 19.8. The number of nitrogen functional groups attached to an aromatic ring is 1. The fraction of sp³-hybridized carbons (Fsp3) is 0.267. The summed E-state index contributed by atoms with van der Waals surface area (Å²) in [4.78, 5) is -1.71. The maximum atomic E-state index is 13.1. The van der Waals surface area contributed by atoms with E-state index in [1.807, 2.05) is 0 Å². The predicted molar refractivity (Wildman–Crippen MR) is 214 cm³/mol. The minimum Gasteiger partial charge on any atom is -0.505 e. The number of sulfone groups is 2. The Morgan fingerprint density at radius 1 is 0.677 bits per heavy atom. The zero-order valence-corrected chi connectivity index (χ0v) is 36.8. The van der Waals surface area contributed by atoms with Crippen LogP contribution >= 0.6 is 24.4 Å². The number of hydrogen-bond acceptors (Lipinski definition) is 26. The molecule has 26 nitrogen and oxygen atoms in total. The lowest BCUT2D eigenvalue weighted by atomic mass is 10.0. The molecule has 7 N–H and O–H groups in total. The molecular formula is C30H33N5O21S6. The molecule has 4 aromatic rings. The number of anilines is 1. The normalized spacial score (nSPS) is 12.8. The summed E-state index contributed by atoms with van der Waals surface area (Å²) in [5, 5.41) is 50.9. The highest BCUT2D eigenvalue weighted by atomic mass is 32.3. The Morgan fingerprint density at radius 3 is 1.69 bits per heavy atom. The Bertz CT molecular complexity index is 2840. The molecule has 0 aromatic heterocycles. The van der Waals surface area contributed by atoms with Crippen molar-refractivity contribution in [3.8, 4) is 17.2 Å². The maximum Gasteiger partial charge on any atom is 0.397 e. The SMILES string of the molecule is COc1cc(S(=O)(=O)CCOS(=O)(=O)O)c(C)cc1N=Nc1cc(S(=O)(=O)O)c2cc(SOOO)c(N=Nc3cc(C)c(S(=O)(=O)CCOSOOO)cc3OC)c(O)c2c1N. The van der Waals surface area contributed by atoms with Crippen molar-refractivity contribution in [2.24, 2.45) is 20.5 Å². The van der Waals surface area contributed by atoms with E-state index in [-0.39, 0.29) is 79.7 Å². The topological polar surface area (TPSA) is 387 Å². The van der Waals surface area contributed by atoms with E-state index in [9.17, 15) is 43.3 Å². The van der Waals surface area contributed by atoms with Gasteiger partial charge in [-0.05, 0) is 49.2 Å². The van der Waals surface area contributed by atoms with Gasteiger partial charge in [0.05, 0.1) is 76.7 Å². The number of methoxy groups -OCH3 is 2. The number of nitrogens with zero attached hydrogens (tertiary/aromatic N) is 4. The van der Waals surface area contributed by atoms with E-state index in [2.05, 4.69) is 43.4 Å². The van der Waals surface area contributed by atoms with Gasteiger partial charge in [0, 0.05) is 17.5 Å². The van der Waals surface area contributed by atoms with Crippen molar-refractivity contribution in [1.29, 1.82) is 0 Å². The number of nitrogens with two attached hydrogens (primary N) is 1.